The van der Waals surface area contributed by atoms with Gasteiger partial charge in [-0.1, -0.05) is 0 Å². The molecule has 1 fully saturated rings. The minimum absolute atomic E-state index is 0.0135. The number of hydrogen-bond donors (Lipinski definition) is 1. The molecule has 1 aromatic rings. The van der Waals surface area contributed by atoms with Crippen molar-refractivity contribution < 1.29 is 14.6 Å². The molecular formula is C12H17NO3. The van der Waals surface area contributed by atoms with Gasteiger partial charge in [0.15, 0.2) is 0 Å². The van der Waals surface area contributed by atoms with Crippen LogP contribution >= 0.6 is 0 Å². The van der Waals surface area contributed by atoms with Crippen LogP contribution in [0.3, 0.4) is 0 Å². The van der Waals surface area contributed by atoms with Gasteiger partial charge in [0.25, 0.3) is 0 Å². The second kappa shape index (κ2) is 5.27. The Hall–Kier alpha value is -1.13. The molecule has 1 atom stereocenters. The van der Waals surface area contributed by atoms with Crippen molar-refractivity contribution in [2.45, 2.75) is 32.5 Å². The Bertz CT molecular complexity index is 348. The van der Waals surface area contributed by atoms with Crippen LogP contribution in [0.4, 0.5) is 0 Å². The van der Waals surface area contributed by atoms with E-state index in [0.29, 0.717) is 12.5 Å². The molecule has 4 nitrogen and oxygen atoms in total. The summed E-state index contributed by atoms with van der Waals surface area (Å²) in [6, 6.07) is 3.61. The monoisotopic (exact) mass is 223 g/mol. The van der Waals surface area contributed by atoms with Gasteiger partial charge in [-0.15, -0.1) is 0 Å². The molecule has 2 rings (SSSR count). The Morgan fingerprint density at radius 1 is 1.56 bits per heavy atom. The van der Waals surface area contributed by atoms with Gasteiger partial charge in [-0.05, 0) is 31.4 Å². The molecule has 0 aliphatic carbocycles. The third-order valence-corrected chi connectivity index (χ3v) is 2.61. The van der Waals surface area contributed by atoms with E-state index in [0.717, 1.165) is 30.7 Å². The van der Waals surface area contributed by atoms with E-state index in [4.69, 9.17) is 14.6 Å². The SMILES string of the molecule is Cc1cc(CO)cc(OCC2CCCO2)n1. The molecule has 0 spiro atoms. The van der Waals surface area contributed by atoms with Gasteiger partial charge in [0, 0.05) is 18.4 Å². The minimum atomic E-state index is 0.0135. The van der Waals surface area contributed by atoms with Crippen molar-refractivity contribution in [1.82, 2.24) is 4.98 Å². The molecule has 2 heterocycles. The summed E-state index contributed by atoms with van der Waals surface area (Å²) in [5.41, 5.74) is 1.68. The summed E-state index contributed by atoms with van der Waals surface area (Å²) in [4.78, 5) is 4.25. The number of rotatable bonds is 4. The topological polar surface area (TPSA) is 51.6 Å². The van der Waals surface area contributed by atoms with Crippen molar-refractivity contribution in [3.05, 3.63) is 23.4 Å². The number of pyridine rings is 1. The van der Waals surface area contributed by atoms with Crippen molar-refractivity contribution in [3.8, 4) is 5.88 Å². The van der Waals surface area contributed by atoms with Gasteiger partial charge in [-0.3, -0.25) is 0 Å². The average molecular weight is 223 g/mol. The first-order valence-electron chi connectivity index (χ1n) is 5.61. The van der Waals surface area contributed by atoms with E-state index < -0.39 is 0 Å². The summed E-state index contributed by atoms with van der Waals surface area (Å²) in [6.45, 7) is 3.27. The first-order valence-corrected chi connectivity index (χ1v) is 5.61. The second-order valence-corrected chi connectivity index (χ2v) is 4.06. The number of ether oxygens (including phenoxy) is 2. The molecule has 0 bridgehead atoms. The Morgan fingerprint density at radius 2 is 2.44 bits per heavy atom. The third kappa shape index (κ3) is 2.93. The Kier molecular flexibility index (Phi) is 3.74. The third-order valence-electron chi connectivity index (χ3n) is 2.61. The van der Waals surface area contributed by atoms with Crippen LogP contribution in [0.5, 0.6) is 5.88 Å². The highest BCUT2D eigenvalue weighted by Gasteiger charge is 2.16. The summed E-state index contributed by atoms with van der Waals surface area (Å²) in [5, 5.41) is 9.06. The van der Waals surface area contributed by atoms with Gasteiger partial charge in [0.2, 0.25) is 5.88 Å². The summed E-state index contributed by atoms with van der Waals surface area (Å²) >= 11 is 0. The van der Waals surface area contributed by atoms with Crippen LogP contribution in [0.2, 0.25) is 0 Å². The lowest BCUT2D eigenvalue weighted by Crippen LogP contribution is -2.16. The first-order chi connectivity index (χ1) is 7.78. The predicted octanol–water partition coefficient (Wildman–Crippen LogP) is 1.44. The standard InChI is InChI=1S/C12H17NO3/c1-9-5-10(7-14)6-12(13-9)16-8-11-3-2-4-15-11/h5-6,11,14H,2-4,7-8H2,1H3. The van der Waals surface area contributed by atoms with Gasteiger partial charge in [0.05, 0.1) is 12.7 Å². The number of aromatic nitrogens is 1. The molecule has 88 valence electrons. The van der Waals surface area contributed by atoms with Crippen molar-refractivity contribution in [2.75, 3.05) is 13.2 Å². The Balaban J connectivity index is 1.94. The smallest absolute Gasteiger partial charge is 0.213 e. The molecule has 0 saturated carbocycles. The molecule has 0 amide bonds. The highest BCUT2D eigenvalue weighted by Crippen LogP contribution is 2.16. The Morgan fingerprint density at radius 3 is 3.12 bits per heavy atom. The number of aliphatic hydroxyl groups excluding tert-OH is 1. The van der Waals surface area contributed by atoms with E-state index in [-0.39, 0.29) is 12.7 Å². The molecule has 1 saturated heterocycles. The minimum Gasteiger partial charge on any atom is -0.475 e. The van der Waals surface area contributed by atoms with Crippen LogP contribution in [0, 0.1) is 6.92 Å². The van der Waals surface area contributed by atoms with Gasteiger partial charge in [-0.2, -0.15) is 0 Å². The molecule has 4 heteroatoms. The fourth-order valence-corrected chi connectivity index (χ4v) is 1.83. The van der Waals surface area contributed by atoms with E-state index in [1.807, 2.05) is 13.0 Å². The normalized spacial score (nSPS) is 20.0. The first kappa shape index (κ1) is 11.4. The van der Waals surface area contributed by atoms with Crippen LogP contribution in [0.15, 0.2) is 12.1 Å². The van der Waals surface area contributed by atoms with Crippen molar-refractivity contribution in [1.29, 1.82) is 0 Å². The lowest BCUT2D eigenvalue weighted by molar-refractivity contribution is 0.0662. The van der Waals surface area contributed by atoms with Crippen LogP contribution < -0.4 is 4.74 Å². The summed E-state index contributed by atoms with van der Waals surface area (Å²) in [6.07, 6.45) is 2.36. The molecule has 16 heavy (non-hydrogen) atoms. The lowest BCUT2D eigenvalue weighted by Gasteiger charge is -2.11. The maximum Gasteiger partial charge on any atom is 0.213 e. The van der Waals surface area contributed by atoms with Gasteiger partial charge < -0.3 is 14.6 Å². The van der Waals surface area contributed by atoms with Gasteiger partial charge in [-0.25, -0.2) is 4.98 Å². The fraction of sp³-hybridized carbons (Fsp3) is 0.583. The molecule has 1 unspecified atom stereocenters. The Labute approximate surface area is 95.2 Å². The predicted molar refractivity (Wildman–Crippen MR) is 59.4 cm³/mol. The number of hydrogen-bond acceptors (Lipinski definition) is 4. The second-order valence-electron chi connectivity index (χ2n) is 4.06. The van der Waals surface area contributed by atoms with Crippen molar-refractivity contribution >= 4 is 0 Å². The molecular weight excluding hydrogens is 206 g/mol. The number of aliphatic hydroxyl groups is 1. The van der Waals surface area contributed by atoms with Crippen LogP contribution in [0.25, 0.3) is 0 Å². The molecule has 0 radical (unpaired) electrons. The van der Waals surface area contributed by atoms with Crippen LogP contribution in [0.1, 0.15) is 24.1 Å². The number of nitrogens with zero attached hydrogens (tertiary/aromatic N) is 1. The molecule has 1 N–H and O–H groups in total. The summed E-state index contributed by atoms with van der Waals surface area (Å²) in [7, 11) is 0. The molecule has 1 aliphatic heterocycles. The zero-order valence-electron chi connectivity index (χ0n) is 9.48. The van der Waals surface area contributed by atoms with E-state index in [9.17, 15) is 0 Å². The van der Waals surface area contributed by atoms with Gasteiger partial charge >= 0.3 is 0 Å². The van der Waals surface area contributed by atoms with Crippen molar-refractivity contribution in [2.24, 2.45) is 0 Å². The summed E-state index contributed by atoms with van der Waals surface area (Å²) in [5.74, 6) is 0.569. The van der Waals surface area contributed by atoms with Crippen LogP contribution in [-0.4, -0.2) is 29.4 Å². The highest BCUT2D eigenvalue weighted by atomic mass is 16.5. The lowest BCUT2D eigenvalue weighted by atomic mass is 10.2. The highest BCUT2D eigenvalue weighted by molar-refractivity contribution is 5.24. The van der Waals surface area contributed by atoms with Gasteiger partial charge in [0.1, 0.15) is 6.61 Å². The van der Waals surface area contributed by atoms with E-state index in [1.165, 1.54) is 0 Å². The quantitative estimate of drug-likeness (QED) is 0.839. The maximum absolute atomic E-state index is 9.06. The average Bonchev–Trinajstić information content (AvgIpc) is 2.78. The van der Waals surface area contributed by atoms with E-state index in [2.05, 4.69) is 4.98 Å². The molecule has 1 aliphatic rings. The summed E-state index contributed by atoms with van der Waals surface area (Å²) < 4.78 is 11.0. The zero-order valence-corrected chi connectivity index (χ0v) is 9.48. The molecule has 1 aromatic heterocycles. The molecule has 0 aromatic carbocycles. The zero-order chi connectivity index (χ0) is 11.4. The van der Waals surface area contributed by atoms with Crippen molar-refractivity contribution in [3.63, 3.8) is 0 Å². The van der Waals surface area contributed by atoms with Crippen LogP contribution in [-0.2, 0) is 11.3 Å². The maximum atomic E-state index is 9.06. The fourth-order valence-electron chi connectivity index (χ4n) is 1.83. The number of aryl methyl sites for hydroxylation is 1. The largest absolute Gasteiger partial charge is 0.475 e. The van der Waals surface area contributed by atoms with E-state index in [1.54, 1.807) is 6.07 Å². The van der Waals surface area contributed by atoms with E-state index >= 15 is 0 Å².